The van der Waals surface area contributed by atoms with E-state index in [1.807, 2.05) is 47.4 Å². The molecule has 30 heavy (non-hydrogen) atoms. The van der Waals surface area contributed by atoms with Gasteiger partial charge in [0, 0.05) is 36.5 Å². The van der Waals surface area contributed by atoms with Crippen LogP contribution in [0.25, 0.3) is 6.08 Å². The summed E-state index contributed by atoms with van der Waals surface area (Å²) in [4.78, 5) is 39.7. The zero-order valence-electron chi connectivity index (χ0n) is 16.5. The van der Waals surface area contributed by atoms with Crippen LogP contribution in [-0.4, -0.2) is 42.3 Å². The Morgan fingerprint density at radius 3 is 2.70 bits per heavy atom. The molecule has 0 bridgehead atoms. The lowest BCUT2D eigenvalue weighted by atomic mass is 10.1. The molecule has 2 aliphatic rings. The van der Waals surface area contributed by atoms with Crippen molar-refractivity contribution in [3.8, 4) is 0 Å². The minimum Gasteiger partial charge on any atom is -0.352 e. The van der Waals surface area contributed by atoms with Crippen LogP contribution in [0.3, 0.4) is 0 Å². The normalized spacial score (nSPS) is 17.1. The van der Waals surface area contributed by atoms with Crippen LogP contribution in [0.2, 0.25) is 0 Å². The van der Waals surface area contributed by atoms with E-state index in [1.165, 1.54) is 11.8 Å². The van der Waals surface area contributed by atoms with Gasteiger partial charge in [0.15, 0.2) is 0 Å². The second-order valence-corrected chi connectivity index (χ2v) is 8.36. The third kappa shape index (κ3) is 4.74. The molecular formula is C23H23N3O3S. The van der Waals surface area contributed by atoms with Gasteiger partial charge in [-0.25, -0.2) is 0 Å². The number of rotatable bonds is 6. The van der Waals surface area contributed by atoms with Crippen molar-refractivity contribution in [3.05, 3.63) is 64.6 Å². The summed E-state index contributed by atoms with van der Waals surface area (Å²) in [5.41, 5.74) is 2.25. The summed E-state index contributed by atoms with van der Waals surface area (Å²) in [6.07, 6.45) is 4.14. The standard InChI is InChI=1S/C23H23N3O3S/c27-21-7-3-13-26(21)14-4-12-24-22(28)17-10-8-16(9-11-17)15-20-23(29)25-18-5-1-2-6-19(18)30-20/h1-2,5-6,8-11,15H,3-4,7,12-14H2,(H,24,28)(H,25,29)/b20-15+. The fourth-order valence-corrected chi connectivity index (χ4v) is 4.45. The Morgan fingerprint density at radius 2 is 1.93 bits per heavy atom. The summed E-state index contributed by atoms with van der Waals surface area (Å²) >= 11 is 1.44. The van der Waals surface area contributed by atoms with Crippen molar-refractivity contribution in [2.75, 3.05) is 25.0 Å². The predicted octanol–water partition coefficient (Wildman–Crippen LogP) is 3.51. The second-order valence-electron chi connectivity index (χ2n) is 7.28. The average Bonchev–Trinajstić information content (AvgIpc) is 3.17. The van der Waals surface area contributed by atoms with Crippen LogP contribution in [0.5, 0.6) is 0 Å². The van der Waals surface area contributed by atoms with Crippen LogP contribution in [0, 0.1) is 0 Å². The van der Waals surface area contributed by atoms with Crippen molar-refractivity contribution in [1.82, 2.24) is 10.2 Å². The number of para-hydroxylation sites is 1. The molecule has 0 aromatic heterocycles. The first-order valence-corrected chi connectivity index (χ1v) is 10.9. The van der Waals surface area contributed by atoms with E-state index >= 15 is 0 Å². The Hall–Kier alpha value is -3.06. The number of anilines is 1. The van der Waals surface area contributed by atoms with Crippen molar-refractivity contribution in [2.45, 2.75) is 24.2 Å². The minimum atomic E-state index is -0.138. The molecular weight excluding hydrogens is 398 g/mol. The van der Waals surface area contributed by atoms with Crippen LogP contribution in [-0.2, 0) is 9.59 Å². The molecule has 1 saturated heterocycles. The number of amides is 3. The van der Waals surface area contributed by atoms with Crippen molar-refractivity contribution in [3.63, 3.8) is 0 Å². The van der Waals surface area contributed by atoms with E-state index in [2.05, 4.69) is 10.6 Å². The molecule has 154 valence electrons. The molecule has 2 N–H and O–H groups in total. The van der Waals surface area contributed by atoms with E-state index in [4.69, 9.17) is 0 Å². The number of nitrogens with zero attached hydrogens (tertiary/aromatic N) is 1. The zero-order chi connectivity index (χ0) is 20.9. The van der Waals surface area contributed by atoms with E-state index < -0.39 is 0 Å². The second kappa shape index (κ2) is 9.17. The van der Waals surface area contributed by atoms with Crippen LogP contribution in [0.1, 0.15) is 35.2 Å². The summed E-state index contributed by atoms with van der Waals surface area (Å²) in [5.74, 6) is -0.0583. The molecule has 4 rings (SSSR count). The molecule has 0 unspecified atom stereocenters. The highest BCUT2D eigenvalue weighted by atomic mass is 32.2. The number of likely N-dealkylation sites (tertiary alicyclic amines) is 1. The van der Waals surface area contributed by atoms with Crippen LogP contribution in [0.4, 0.5) is 5.69 Å². The summed E-state index contributed by atoms with van der Waals surface area (Å²) in [6.45, 7) is 2.05. The molecule has 1 fully saturated rings. The van der Waals surface area contributed by atoms with Crippen molar-refractivity contribution in [2.24, 2.45) is 0 Å². The lowest BCUT2D eigenvalue weighted by Crippen LogP contribution is -2.30. The van der Waals surface area contributed by atoms with Crippen LogP contribution < -0.4 is 10.6 Å². The smallest absolute Gasteiger partial charge is 0.262 e. The van der Waals surface area contributed by atoms with Gasteiger partial charge < -0.3 is 15.5 Å². The Morgan fingerprint density at radius 1 is 1.13 bits per heavy atom. The lowest BCUT2D eigenvalue weighted by Gasteiger charge is -2.18. The number of hydrogen-bond acceptors (Lipinski definition) is 4. The first-order valence-electron chi connectivity index (χ1n) is 10.1. The van der Waals surface area contributed by atoms with Gasteiger partial charge >= 0.3 is 0 Å². The number of hydrogen-bond donors (Lipinski definition) is 2. The lowest BCUT2D eigenvalue weighted by molar-refractivity contribution is -0.127. The van der Waals surface area contributed by atoms with Gasteiger partial charge in [0.2, 0.25) is 5.91 Å². The fraction of sp³-hybridized carbons (Fsp3) is 0.261. The highest BCUT2D eigenvalue weighted by Gasteiger charge is 2.21. The Balaban J connectivity index is 1.31. The van der Waals surface area contributed by atoms with E-state index in [1.54, 1.807) is 12.1 Å². The molecule has 2 aromatic carbocycles. The molecule has 0 saturated carbocycles. The summed E-state index contributed by atoms with van der Waals surface area (Å²) in [7, 11) is 0. The monoisotopic (exact) mass is 421 g/mol. The molecule has 3 amide bonds. The Labute approximate surface area is 179 Å². The van der Waals surface area contributed by atoms with Crippen LogP contribution >= 0.6 is 11.8 Å². The molecule has 0 atom stereocenters. The van der Waals surface area contributed by atoms with Gasteiger partial charge in [-0.05, 0) is 48.7 Å². The highest BCUT2D eigenvalue weighted by Crippen LogP contribution is 2.38. The van der Waals surface area contributed by atoms with Crippen LogP contribution in [0.15, 0.2) is 58.3 Å². The summed E-state index contributed by atoms with van der Waals surface area (Å²) in [5, 5.41) is 5.79. The topological polar surface area (TPSA) is 78.5 Å². The van der Waals surface area contributed by atoms with Gasteiger partial charge in [-0.15, -0.1) is 0 Å². The van der Waals surface area contributed by atoms with Gasteiger partial charge in [0.1, 0.15) is 0 Å². The maximum atomic E-state index is 12.3. The number of thioether (sulfide) groups is 1. The van der Waals surface area contributed by atoms with Crippen molar-refractivity contribution >= 4 is 41.2 Å². The Kier molecular flexibility index (Phi) is 6.18. The highest BCUT2D eigenvalue weighted by molar-refractivity contribution is 8.04. The van der Waals surface area contributed by atoms with E-state index in [0.717, 1.165) is 35.5 Å². The van der Waals surface area contributed by atoms with Gasteiger partial charge in [0.25, 0.3) is 11.8 Å². The predicted molar refractivity (Wildman–Crippen MR) is 118 cm³/mol. The SMILES string of the molecule is O=C1Nc2ccccc2S/C1=C/c1ccc(C(=O)NCCCN2CCCC2=O)cc1. The summed E-state index contributed by atoms with van der Waals surface area (Å²) < 4.78 is 0. The maximum Gasteiger partial charge on any atom is 0.262 e. The number of benzene rings is 2. The molecule has 2 heterocycles. The fourth-order valence-electron chi connectivity index (χ4n) is 3.50. The number of nitrogens with one attached hydrogen (secondary N) is 2. The molecule has 0 radical (unpaired) electrons. The quantitative estimate of drug-likeness (QED) is 0.553. The van der Waals surface area contributed by atoms with Gasteiger partial charge in [-0.3, -0.25) is 14.4 Å². The summed E-state index contributed by atoms with van der Waals surface area (Å²) in [6, 6.07) is 14.9. The van der Waals surface area contributed by atoms with E-state index in [-0.39, 0.29) is 17.7 Å². The Bertz CT molecular complexity index is 1000. The third-order valence-corrected chi connectivity index (χ3v) is 6.21. The average molecular weight is 422 g/mol. The van der Waals surface area contributed by atoms with Gasteiger partial charge in [-0.1, -0.05) is 36.0 Å². The molecule has 0 spiro atoms. The van der Waals surface area contributed by atoms with Gasteiger partial charge in [0.05, 0.1) is 10.6 Å². The van der Waals surface area contributed by atoms with Gasteiger partial charge in [-0.2, -0.15) is 0 Å². The first kappa shape index (κ1) is 20.2. The minimum absolute atomic E-state index is 0.128. The molecule has 7 heteroatoms. The third-order valence-electron chi connectivity index (χ3n) is 5.11. The molecule has 0 aliphatic carbocycles. The van der Waals surface area contributed by atoms with Crippen molar-refractivity contribution in [1.29, 1.82) is 0 Å². The maximum absolute atomic E-state index is 12.3. The molecule has 2 aliphatic heterocycles. The largest absolute Gasteiger partial charge is 0.352 e. The molecule has 6 nitrogen and oxygen atoms in total. The van der Waals surface area contributed by atoms with Crippen molar-refractivity contribution < 1.29 is 14.4 Å². The number of fused-ring (bicyclic) bond motifs is 1. The molecule has 2 aromatic rings. The number of carbonyl (C=O) groups excluding carboxylic acids is 3. The zero-order valence-corrected chi connectivity index (χ0v) is 17.3. The van der Waals surface area contributed by atoms with E-state index in [9.17, 15) is 14.4 Å². The number of carbonyl (C=O) groups is 3. The first-order chi connectivity index (χ1) is 14.6. The van der Waals surface area contributed by atoms with E-state index in [0.29, 0.717) is 30.0 Å².